The first kappa shape index (κ1) is 20.9. The molecule has 0 aliphatic heterocycles. The van der Waals surface area contributed by atoms with Gasteiger partial charge in [-0.15, -0.1) is 5.10 Å². The standard InChI is InChI=1S/C19H22ClN9O2/c1-2-3-10-27-16-14(22-18(20)23-16)17(30)28(19(27)31)11-6-7-12-29-15(24-25-26-29)13-8-4-5-9-21-13/h4-5,8-9H,2-3,6-7,10-12H2,1H3,(H,22,23). The van der Waals surface area contributed by atoms with Crippen molar-refractivity contribution in [2.24, 2.45) is 0 Å². The molecule has 0 aliphatic carbocycles. The second-order valence-electron chi connectivity index (χ2n) is 7.12. The number of hydrogen-bond acceptors (Lipinski definition) is 7. The number of unbranched alkanes of at least 4 members (excludes halogenated alkanes) is 2. The third kappa shape index (κ3) is 4.26. The summed E-state index contributed by atoms with van der Waals surface area (Å²) in [5.74, 6) is 0.577. The predicted octanol–water partition coefficient (Wildman–Crippen LogP) is 1.87. The van der Waals surface area contributed by atoms with Crippen molar-refractivity contribution in [2.75, 3.05) is 0 Å². The highest BCUT2D eigenvalue weighted by Crippen LogP contribution is 2.13. The average molecular weight is 444 g/mol. The van der Waals surface area contributed by atoms with Gasteiger partial charge in [-0.3, -0.25) is 18.9 Å². The average Bonchev–Trinajstić information content (AvgIpc) is 3.40. The molecule has 4 heterocycles. The minimum absolute atomic E-state index is 0.0928. The van der Waals surface area contributed by atoms with Crippen molar-refractivity contribution in [3.63, 3.8) is 0 Å². The smallest absolute Gasteiger partial charge is 0.323 e. The number of imidazole rings is 1. The van der Waals surface area contributed by atoms with E-state index < -0.39 is 5.56 Å². The van der Waals surface area contributed by atoms with Crippen molar-refractivity contribution >= 4 is 22.8 Å². The Morgan fingerprint density at radius 1 is 1.06 bits per heavy atom. The molecule has 4 aromatic heterocycles. The first-order valence-electron chi connectivity index (χ1n) is 10.2. The topological polar surface area (TPSA) is 129 Å². The van der Waals surface area contributed by atoms with Crippen LogP contribution in [-0.2, 0) is 19.6 Å². The van der Waals surface area contributed by atoms with Crippen LogP contribution in [0.3, 0.4) is 0 Å². The van der Waals surface area contributed by atoms with Gasteiger partial charge in [0.05, 0.1) is 0 Å². The van der Waals surface area contributed by atoms with Crippen LogP contribution in [0.25, 0.3) is 22.7 Å². The van der Waals surface area contributed by atoms with Crippen LogP contribution in [0.1, 0.15) is 32.6 Å². The number of aryl methyl sites for hydroxylation is 2. The van der Waals surface area contributed by atoms with Gasteiger partial charge in [0, 0.05) is 25.8 Å². The van der Waals surface area contributed by atoms with Gasteiger partial charge in [-0.2, -0.15) is 4.98 Å². The summed E-state index contributed by atoms with van der Waals surface area (Å²) >= 11 is 5.96. The summed E-state index contributed by atoms with van der Waals surface area (Å²) in [6.07, 6.45) is 4.66. The number of aromatic amines is 1. The molecule has 0 bridgehead atoms. The van der Waals surface area contributed by atoms with E-state index in [0.29, 0.717) is 43.1 Å². The highest BCUT2D eigenvalue weighted by molar-refractivity contribution is 6.28. The number of tetrazole rings is 1. The van der Waals surface area contributed by atoms with E-state index in [0.717, 1.165) is 12.8 Å². The lowest BCUT2D eigenvalue weighted by Gasteiger charge is -2.11. The van der Waals surface area contributed by atoms with Crippen LogP contribution in [-0.4, -0.2) is 44.3 Å². The molecule has 1 N–H and O–H groups in total. The zero-order valence-corrected chi connectivity index (χ0v) is 17.8. The summed E-state index contributed by atoms with van der Waals surface area (Å²) in [6, 6.07) is 5.53. The second-order valence-corrected chi connectivity index (χ2v) is 7.48. The number of aromatic nitrogens is 9. The molecule has 31 heavy (non-hydrogen) atoms. The summed E-state index contributed by atoms with van der Waals surface area (Å²) in [5, 5.41) is 11.9. The van der Waals surface area contributed by atoms with Gasteiger partial charge < -0.3 is 4.98 Å². The van der Waals surface area contributed by atoms with Gasteiger partial charge in [-0.25, -0.2) is 9.48 Å². The maximum atomic E-state index is 13.0. The fourth-order valence-electron chi connectivity index (χ4n) is 3.42. The van der Waals surface area contributed by atoms with Gasteiger partial charge in [0.1, 0.15) is 5.69 Å². The quantitative estimate of drug-likeness (QED) is 0.308. The van der Waals surface area contributed by atoms with E-state index in [1.807, 2.05) is 25.1 Å². The fraction of sp³-hybridized carbons (Fsp3) is 0.421. The molecule has 0 saturated carbocycles. The third-order valence-electron chi connectivity index (χ3n) is 5.00. The number of H-pyrrole nitrogens is 1. The number of nitrogens with zero attached hydrogens (tertiary/aromatic N) is 8. The molecule has 0 radical (unpaired) electrons. The van der Waals surface area contributed by atoms with Crippen LogP contribution in [0.5, 0.6) is 0 Å². The van der Waals surface area contributed by atoms with Crippen molar-refractivity contribution in [3.05, 3.63) is 50.5 Å². The number of nitrogens with one attached hydrogen (secondary N) is 1. The molecular formula is C19H22ClN9O2. The molecule has 0 amide bonds. The number of hydrogen-bond donors (Lipinski definition) is 1. The number of rotatable bonds is 9. The van der Waals surface area contributed by atoms with Gasteiger partial charge in [-0.05, 0) is 53.4 Å². The maximum Gasteiger partial charge on any atom is 0.332 e. The minimum Gasteiger partial charge on any atom is -0.323 e. The molecule has 0 unspecified atom stereocenters. The summed E-state index contributed by atoms with van der Waals surface area (Å²) in [5.41, 5.74) is 0.454. The summed E-state index contributed by atoms with van der Waals surface area (Å²) in [6.45, 7) is 3.33. The Hall–Kier alpha value is -3.34. The van der Waals surface area contributed by atoms with E-state index in [9.17, 15) is 9.59 Å². The number of halogens is 1. The van der Waals surface area contributed by atoms with Gasteiger partial charge in [-0.1, -0.05) is 19.4 Å². The van der Waals surface area contributed by atoms with E-state index in [2.05, 4.69) is 30.5 Å². The van der Waals surface area contributed by atoms with E-state index in [4.69, 9.17) is 11.6 Å². The lowest BCUT2D eigenvalue weighted by molar-refractivity contribution is 0.487. The Morgan fingerprint density at radius 3 is 2.65 bits per heavy atom. The summed E-state index contributed by atoms with van der Waals surface area (Å²) < 4.78 is 4.43. The van der Waals surface area contributed by atoms with Crippen LogP contribution in [0.15, 0.2) is 34.0 Å². The normalized spacial score (nSPS) is 11.4. The van der Waals surface area contributed by atoms with Gasteiger partial charge in [0.25, 0.3) is 5.56 Å². The SMILES string of the molecule is CCCCn1c(=O)n(CCCCn2nnnc2-c2ccccn2)c(=O)c2[nH]c(Cl)nc21. The van der Waals surface area contributed by atoms with Crippen molar-refractivity contribution in [3.8, 4) is 11.5 Å². The first-order chi connectivity index (χ1) is 15.1. The third-order valence-corrected chi connectivity index (χ3v) is 5.17. The molecule has 0 fully saturated rings. The molecule has 4 rings (SSSR count). The fourth-order valence-corrected chi connectivity index (χ4v) is 3.59. The Bertz CT molecular complexity index is 1290. The lowest BCUT2D eigenvalue weighted by atomic mass is 10.3. The van der Waals surface area contributed by atoms with Crippen LogP contribution in [0.4, 0.5) is 0 Å². The van der Waals surface area contributed by atoms with Crippen molar-refractivity contribution in [1.82, 2.24) is 44.3 Å². The molecule has 162 valence electrons. The van der Waals surface area contributed by atoms with Gasteiger partial charge in [0.2, 0.25) is 11.1 Å². The zero-order chi connectivity index (χ0) is 21.8. The number of fused-ring (bicyclic) bond motifs is 1. The summed E-state index contributed by atoms with van der Waals surface area (Å²) in [7, 11) is 0. The van der Waals surface area contributed by atoms with Crippen molar-refractivity contribution in [1.29, 1.82) is 0 Å². The molecule has 11 nitrogen and oxygen atoms in total. The second kappa shape index (κ2) is 9.21. The minimum atomic E-state index is -0.413. The first-order valence-corrected chi connectivity index (χ1v) is 10.5. The van der Waals surface area contributed by atoms with E-state index in [-0.39, 0.29) is 23.0 Å². The Morgan fingerprint density at radius 2 is 1.87 bits per heavy atom. The molecule has 0 spiro atoms. The molecule has 4 aromatic rings. The maximum absolute atomic E-state index is 13.0. The van der Waals surface area contributed by atoms with Crippen LogP contribution < -0.4 is 11.2 Å². The van der Waals surface area contributed by atoms with E-state index in [1.54, 1.807) is 10.9 Å². The molecule has 0 aliphatic rings. The molecular weight excluding hydrogens is 422 g/mol. The monoisotopic (exact) mass is 443 g/mol. The van der Waals surface area contributed by atoms with Crippen LogP contribution >= 0.6 is 11.6 Å². The number of pyridine rings is 1. The molecule has 0 saturated heterocycles. The largest absolute Gasteiger partial charge is 0.332 e. The van der Waals surface area contributed by atoms with Crippen molar-refractivity contribution < 1.29 is 0 Å². The Labute approximate surface area is 181 Å². The van der Waals surface area contributed by atoms with Crippen molar-refractivity contribution in [2.45, 2.75) is 52.2 Å². The summed E-state index contributed by atoms with van der Waals surface area (Å²) in [4.78, 5) is 37.0. The Balaban J connectivity index is 1.51. The van der Waals surface area contributed by atoms with Gasteiger partial charge in [0.15, 0.2) is 11.2 Å². The van der Waals surface area contributed by atoms with E-state index in [1.165, 1.54) is 9.13 Å². The predicted molar refractivity (Wildman–Crippen MR) is 115 cm³/mol. The van der Waals surface area contributed by atoms with Crippen LogP contribution in [0, 0.1) is 0 Å². The van der Waals surface area contributed by atoms with Gasteiger partial charge >= 0.3 is 5.69 Å². The van der Waals surface area contributed by atoms with E-state index >= 15 is 0 Å². The zero-order valence-electron chi connectivity index (χ0n) is 17.0. The molecule has 12 heteroatoms. The van der Waals surface area contributed by atoms with Crippen LogP contribution in [0.2, 0.25) is 5.28 Å². The highest BCUT2D eigenvalue weighted by Gasteiger charge is 2.17. The Kier molecular flexibility index (Phi) is 6.21. The molecule has 0 atom stereocenters. The molecule has 0 aromatic carbocycles. The highest BCUT2D eigenvalue weighted by atomic mass is 35.5. The lowest BCUT2D eigenvalue weighted by Crippen LogP contribution is -2.40.